The van der Waals surface area contributed by atoms with Crippen molar-refractivity contribution in [3.63, 3.8) is 0 Å². The Labute approximate surface area is 127 Å². The van der Waals surface area contributed by atoms with Crippen LogP contribution in [0.4, 0.5) is 0 Å². The van der Waals surface area contributed by atoms with E-state index in [4.69, 9.17) is 9.15 Å². The van der Waals surface area contributed by atoms with E-state index in [0.29, 0.717) is 18.9 Å². The Morgan fingerprint density at radius 3 is 2.57 bits per heavy atom. The summed E-state index contributed by atoms with van der Waals surface area (Å²) in [5.74, 6) is 0.586. The lowest BCUT2D eigenvalue weighted by Gasteiger charge is -2.19. The second-order valence-electron chi connectivity index (χ2n) is 5.94. The normalized spacial score (nSPS) is 14.3. The fourth-order valence-corrected chi connectivity index (χ4v) is 2.65. The van der Waals surface area contributed by atoms with Gasteiger partial charge in [0.15, 0.2) is 0 Å². The maximum absolute atomic E-state index is 12.1. The molecule has 0 fully saturated rings. The van der Waals surface area contributed by atoms with Gasteiger partial charge in [-0.3, -0.25) is 0 Å². The van der Waals surface area contributed by atoms with Crippen LogP contribution in [-0.4, -0.2) is 33.2 Å². The van der Waals surface area contributed by atoms with Gasteiger partial charge in [0.25, 0.3) is 10.0 Å². The van der Waals surface area contributed by atoms with Crippen molar-refractivity contribution in [1.82, 2.24) is 10.0 Å². The summed E-state index contributed by atoms with van der Waals surface area (Å²) in [5, 5.41) is 3.17. The molecule has 0 saturated heterocycles. The van der Waals surface area contributed by atoms with E-state index in [0.717, 1.165) is 0 Å². The van der Waals surface area contributed by atoms with Crippen molar-refractivity contribution in [1.29, 1.82) is 0 Å². The molecule has 1 heterocycles. The van der Waals surface area contributed by atoms with E-state index >= 15 is 0 Å². The fourth-order valence-electron chi connectivity index (χ4n) is 1.59. The summed E-state index contributed by atoms with van der Waals surface area (Å²) in [5.41, 5.74) is -0.0585. The van der Waals surface area contributed by atoms with Gasteiger partial charge in [-0.05, 0) is 46.8 Å². The average Bonchev–Trinajstić information content (AvgIpc) is 2.83. The van der Waals surface area contributed by atoms with Gasteiger partial charge in [-0.25, -0.2) is 13.1 Å². The Kier molecular flexibility index (Phi) is 6.40. The molecule has 6 nitrogen and oxygen atoms in total. The highest BCUT2D eigenvalue weighted by Crippen LogP contribution is 2.14. The molecule has 0 aliphatic rings. The average molecular weight is 318 g/mol. The smallest absolute Gasteiger partial charge is 0.274 e. The van der Waals surface area contributed by atoms with Gasteiger partial charge in [-0.1, -0.05) is 0 Å². The highest BCUT2D eigenvalue weighted by atomic mass is 32.2. The summed E-state index contributed by atoms with van der Waals surface area (Å²) < 4.78 is 37.3. The molecular weight excluding hydrogens is 292 g/mol. The van der Waals surface area contributed by atoms with Crippen LogP contribution in [0, 0.1) is 0 Å². The maximum atomic E-state index is 12.1. The van der Waals surface area contributed by atoms with Crippen LogP contribution in [0.15, 0.2) is 21.6 Å². The molecule has 1 unspecified atom stereocenters. The van der Waals surface area contributed by atoms with Crippen molar-refractivity contribution in [2.45, 2.75) is 57.9 Å². The predicted octanol–water partition coefficient (Wildman–Crippen LogP) is 1.87. The summed E-state index contributed by atoms with van der Waals surface area (Å²) in [6, 6.07) is 3.13. The van der Waals surface area contributed by atoms with Gasteiger partial charge >= 0.3 is 0 Å². The Morgan fingerprint density at radius 1 is 1.33 bits per heavy atom. The molecule has 2 N–H and O–H groups in total. The van der Waals surface area contributed by atoms with Crippen molar-refractivity contribution >= 4 is 10.0 Å². The van der Waals surface area contributed by atoms with Gasteiger partial charge in [0.05, 0.1) is 12.6 Å². The molecule has 21 heavy (non-hydrogen) atoms. The number of ether oxygens (including phenoxy) is 1. The zero-order valence-electron chi connectivity index (χ0n) is 13.4. The highest BCUT2D eigenvalue weighted by Gasteiger charge is 2.20. The zero-order valence-corrected chi connectivity index (χ0v) is 14.2. The summed E-state index contributed by atoms with van der Waals surface area (Å²) in [7, 11) is -3.63. The monoisotopic (exact) mass is 318 g/mol. The van der Waals surface area contributed by atoms with Crippen LogP contribution < -0.4 is 10.0 Å². The van der Waals surface area contributed by atoms with Crippen LogP contribution in [0.25, 0.3) is 0 Å². The molecule has 1 atom stereocenters. The number of sulfonamides is 1. The molecule has 0 radical (unpaired) electrons. The van der Waals surface area contributed by atoms with E-state index in [1.54, 1.807) is 6.07 Å². The molecule has 0 spiro atoms. The van der Waals surface area contributed by atoms with Gasteiger partial charge in [-0.2, -0.15) is 0 Å². The molecule has 122 valence electrons. The van der Waals surface area contributed by atoms with E-state index in [-0.39, 0.29) is 23.3 Å². The van der Waals surface area contributed by atoms with Crippen molar-refractivity contribution < 1.29 is 17.6 Å². The van der Waals surface area contributed by atoms with Gasteiger partial charge < -0.3 is 14.5 Å². The number of hydrogen-bond acceptors (Lipinski definition) is 5. The minimum atomic E-state index is -3.63. The lowest BCUT2D eigenvalue weighted by Crippen LogP contribution is -2.35. The van der Waals surface area contributed by atoms with Crippen LogP contribution in [-0.2, 0) is 21.3 Å². The Hall–Kier alpha value is -0.890. The molecule has 7 heteroatoms. The largest absolute Gasteiger partial charge is 0.447 e. The second kappa shape index (κ2) is 7.40. The van der Waals surface area contributed by atoms with E-state index in [9.17, 15) is 8.42 Å². The van der Waals surface area contributed by atoms with Crippen molar-refractivity contribution in [2.24, 2.45) is 0 Å². The van der Waals surface area contributed by atoms with E-state index in [1.165, 1.54) is 6.07 Å². The molecule has 0 saturated carbocycles. The van der Waals surface area contributed by atoms with E-state index in [2.05, 4.69) is 10.0 Å². The van der Waals surface area contributed by atoms with E-state index < -0.39 is 10.0 Å². The number of nitrogens with one attached hydrogen (secondary N) is 2. The SMILES string of the molecule is CCOC(C)CNS(=O)(=O)c1ccc(CNC(C)(C)C)o1. The lowest BCUT2D eigenvalue weighted by molar-refractivity contribution is 0.0799. The minimum absolute atomic E-state index is 0.0585. The van der Waals surface area contributed by atoms with Gasteiger partial charge in [0.2, 0.25) is 5.09 Å². The molecule has 0 amide bonds. The van der Waals surface area contributed by atoms with E-state index in [1.807, 2.05) is 34.6 Å². The summed E-state index contributed by atoms with van der Waals surface area (Å²) in [6.07, 6.45) is -0.179. The first-order chi connectivity index (χ1) is 9.64. The van der Waals surface area contributed by atoms with Crippen LogP contribution in [0.5, 0.6) is 0 Å². The lowest BCUT2D eigenvalue weighted by atomic mass is 10.1. The van der Waals surface area contributed by atoms with Crippen LogP contribution in [0.2, 0.25) is 0 Å². The third-order valence-corrected chi connectivity index (χ3v) is 4.00. The topological polar surface area (TPSA) is 80.6 Å². The number of rotatable bonds is 8. The Bertz CT molecular complexity index is 531. The molecule has 1 rings (SSSR count). The van der Waals surface area contributed by atoms with Crippen molar-refractivity contribution in [3.05, 3.63) is 17.9 Å². The Morgan fingerprint density at radius 2 is 2.00 bits per heavy atom. The number of hydrogen-bond donors (Lipinski definition) is 2. The molecule has 0 aliphatic carbocycles. The maximum Gasteiger partial charge on any atom is 0.274 e. The first-order valence-electron chi connectivity index (χ1n) is 7.09. The fraction of sp³-hybridized carbons (Fsp3) is 0.714. The highest BCUT2D eigenvalue weighted by molar-refractivity contribution is 7.89. The first kappa shape index (κ1) is 18.2. The second-order valence-corrected chi connectivity index (χ2v) is 7.64. The molecular formula is C14H26N2O4S. The molecule has 1 aromatic heterocycles. The molecule has 1 aromatic rings. The van der Waals surface area contributed by atoms with Gasteiger partial charge in [0.1, 0.15) is 5.76 Å². The minimum Gasteiger partial charge on any atom is -0.447 e. The summed E-state index contributed by atoms with van der Waals surface area (Å²) in [4.78, 5) is 0. The first-order valence-corrected chi connectivity index (χ1v) is 8.57. The third-order valence-electron chi connectivity index (χ3n) is 2.71. The predicted molar refractivity (Wildman–Crippen MR) is 81.6 cm³/mol. The summed E-state index contributed by atoms with van der Waals surface area (Å²) in [6.45, 7) is 11.0. The standard InChI is InChI=1S/C14H26N2O4S/c1-6-19-11(2)9-16-21(17,18)13-8-7-12(20-13)10-15-14(3,4)5/h7-8,11,15-16H,6,9-10H2,1-5H3. The van der Waals surface area contributed by atoms with Gasteiger partial charge in [0, 0.05) is 18.7 Å². The van der Waals surface area contributed by atoms with Gasteiger partial charge in [-0.15, -0.1) is 0 Å². The van der Waals surface area contributed by atoms with Crippen molar-refractivity contribution in [3.8, 4) is 0 Å². The quantitative estimate of drug-likeness (QED) is 0.765. The molecule has 0 bridgehead atoms. The van der Waals surface area contributed by atoms with Crippen LogP contribution in [0.3, 0.4) is 0 Å². The zero-order chi connectivity index (χ0) is 16.1. The van der Waals surface area contributed by atoms with Crippen LogP contribution >= 0.6 is 0 Å². The Balaban J connectivity index is 2.62. The third kappa shape index (κ3) is 6.60. The van der Waals surface area contributed by atoms with Crippen molar-refractivity contribution in [2.75, 3.05) is 13.2 Å². The molecule has 0 aliphatic heterocycles. The summed E-state index contributed by atoms with van der Waals surface area (Å²) >= 11 is 0. The molecule has 0 aromatic carbocycles. The van der Waals surface area contributed by atoms with Crippen LogP contribution in [0.1, 0.15) is 40.4 Å². The number of furan rings is 1.